The van der Waals surface area contributed by atoms with Gasteiger partial charge in [-0.1, -0.05) is 45.9 Å². The van der Waals surface area contributed by atoms with Crippen LogP contribution in [-0.2, 0) is 11.8 Å². The molecule has 0 radical (unpaired) electrons. The van der Waals surface area contributed by atoms with Crippen LogP contribution < -0.4 is 10.6 Å². The first-order valence-corrected chi connectivity index (χ1v) is 10.8. The lowest BCUT2D eigenvalue weighted by molar-refractivity contribution is -0.113. The molecule has 3 aromatic rings. The van der Waals surface area contributed by atoms with Crippen molar-refractivity contribution >= 4 is 45.2 Å². The average molecular weight is 492 g/mol. The molecular weight excluding hydrogens is 473 g/mol. The third kappa shape index (κ3) is 5.45. The molecule has 2 N–H and O–H groups in total. The number of hydrogen-bond acceptors (Lipinski definition) is 5. The van der Waals surface area contributed by atoms with Gasteiger partial charge in [0.15, 0.2) is 11.0 Å². The lowest BCUT2D eigenvalue weighted by Gasteiger charge is -2.13. The molecule has 2 amide bonds. The number of nitrogens with zero attached hydrogens (tertiary/aromatic N) is 3. The van der Waals surface area contributed by atoms with Gasteiger partial charge >= 0.3 is 0 Å². The molecule has 0 aliphatic heterocycles. The van der Waals surface area contributed by atoms with Gasteiger partial charge in [-0.3, -0.25) is 9.59 Å². The van der Waals surface area contributed by atoms with Crippen LogP contribution in [0, 0.1) is 5.82 Å². The highest BCUT2D eigenvalue weighted by molar-refractivity contribution is 9.10. The lowest BCUT2D eigenvalue weighted by Crippen LogP contribution is -2.28. The third-order valence-corrected chi connectivity index (χ3v) is 5.69. The van der Waals surface area contributed by atoms with Crippen molar-refractivity contribution in [3.05, 3.63) is 70.2 Å². The minimum Gasteiger partial charge on any atom is -0.342 e. The Kier molecular flexibility index (Phi) is 7.22. The van der Waals surface area contributed by atoms with E-state index in [1.807, 2.05) is 13.0 Å². The van der Waals surface area contributed by atoms with Crippen LogP contribution in [-0.4, -0.2) is 32.3 Å². The number of hydrogen-bond donors (Lipinski definition) is 2. The average Bonchev–Trinajstić information content (AvgIpc) is 3.09. The van der Waals surface area contributed by atoms with Crippen LogP contribution in [0.25, 0.3) is 0 Å². The zero-order chi connectivity index (χ0) is 21.7. The van der Waals surface area contributed by atoms with Gasteiger partial charge < -0.3 is 15.2 Å². The number of nitrogens with one attached hydrogen (secondary N) is 2. The molecule has 156 valence electrons. The van der Waals surface area contributed by atoms with Crippen LogP contribution in [0.1, 0.15) is 29.1 Å². The van der Waals surface area contributed by atoms with Gasteiger partial charge in [-0.2, -0.15) is 0 Å². The van der Waals surface area contributed by atoms with Gasteiger partial charge in [-0.15, -0.1) is 10.2 Å². The second-order valence-corrected chi connectivity index (χ2v) is 8.28. The molecule has 0 aliphatic carbocycles. The fraction of sp³-hybridized carbons (Fsp3) is 0.200. The summed E-state index contributed by atoms with van der Waals surface area (Å²) in [5, 5.41) is 14.1. The quantitative estimate of drug-likeness (QED) is 0.488. The van der Waals surface area contributed by atoms with Crippen molar-refractivity contribution in [2.45, 2.75) is 18.1 Å². The van der Waals surface area contributed by atoms with E-state index in [0.717, 1.165) is 0 Å². The van der Waals surface area contributed by atoms with E-state index in [9.17, 15) is 14.0 Å². The molecule has 7 nitrogen and oxygen atoms in total. The summed E-state index contributed by atoms with van der Waals surface area (Å²) in [5.41, 5.74) is 0.665. The zero-order valence-electron chi connectivity index (χ0n) is 16.2. The molecule has 30 heavy (non-hydrogen) atoms. The van der Waals surface area contributed by atoms with E-state index in [4.69, 9.17) is 0 Å². The van der Waals surface area contributed by atoms with E-state index in [1.54, 1.807) is 41.9 Å². The van der Waals surface area contributed by atoms with E-state index in [2.05, 4.69) is 36.8 Å². The largest absolute Gasteiger partial charge is 0.342 e. The number of halogens is 2. The molecule has 0 unspecified atom stereocenters. The van der Waals surface area contributed by atoms with Crippen LogP contribution in [0.3, 0.4) is 0 Å². The molecule has 0 spiro atoms. The first-order chi connectivity index (χ1) is 14.3. The van der Waals surface area contributed by atoms with Crippen molar-refractivity contribution in [2.75, 3.05) is 11.1 Å². The Morgan fingerprint density at radius 3 is 2.63 bits per heavy atom. The maximum Gasteiger partial charge on any atom is 0.251 e. The summed E-state index contributed by atoms with van der Waals surface area (Å²) in [6.45, 7) is 1.81. The topological polar surface area (TPSA) is 88.9 Å². The summed E-state index contributed by atoms with van der Waals surface area (Å²) < 4.78 is 16.2. The Morgan fingerprint density at radius 2 is 1.93 bits per heavy atom. The summed E-state index contributed by atoms with van der Waals surface area (Å²) in [6, 6.07) is 12.9. The molecule has 1 aromatic heterocycles. The van der Waals surface area contributed by atoms with Crippen molar-refractivity contribution in [1.82, 2.24) is 20.1 Å². The smallest absolute Gasteiger partial charge is 0.251 e. The Morgan fingerprint density at radius 1 is 1.20 bits per heavy atom. The van der Waals surface area contributed by atoms with Gasteiger partial charge in [-0.05, 0) is 37.3 Å². The number of aromatic nitrogens is 3. The Balaban J connectivity index is 1.58. The van der Waals surface area contributed by atoms with Gasteiger partial charge in [0.2, 0.25) is 5.91 Å². The van der Waals surface area contributed by atoms with Gasteiger partial charge in [0.1, 0.15) is 5.82 Å². The maximum atomic E-state index is 13.8. The monoisotopic (exact) mass is 491 g/mol. The summed E-state index contributed by atoms with van der Waals surface area (Å²) >= 11 is 4.34. The van der Waals surface area contributed by atoms with Crippen LogP contribution in [0.4, 0.5) is 10.1 Å². The van der Waals surface area contributed by atoms with Crippen molar-refractivity contribution < 1.29 is 14.0 Å². The van der Waals surface area contributed by atoms with Crippen molar-refractivity contribution in [2.24, 2.45) is 7.05 Å². The predicted octanol–water partition coefficient (Wildman–Crippen LogP) is 3.94. The Labute approximate surface area is 185 Å². The van der Waals surface area contributed by atoms with E-state index >= 15 is 0 Å². The SMILES string of the molecule is C[C@@H](NC(=O)c1ccccc1)c1nnc(SCC(=O)Nc2ccc(Br)cc2F)n1C. The molecule has 1 heterocycles. The van der Waals surface area contributed by atoms with Gasteiger partial charge in [0, 0.05) is 17.1 Å². The molecule has 0 saturated heterocycles. The summed E-state index contributed by atoms with van der Waals surface area (Å²) in [7, 11) is 1.76. The molecule has 0 aliphatic rings. The Hall–Kier alpha value is -2.72. The molecule has 2 aromatic carbocycles. The van der Waals surface area contributed by atoms with E-state index in [0.29, 0.717) is 21.0 Å². The highest BCUT2D eigenvalue weighted by Gasteiger charge is 2.19. The molecule has 3 rings (SSSR count). The second kappa shape index (κ2) is 9.86. The number of thioether (sulfide) groups is 1. The lowest BCUT2D eigenvalue weighted by atomic mass is 10.2. The van der Waals surface area contributed by atoms with Gasteiger partial charge in [0.25, 0.3) is 5.91 Å². The van der Waals surface area contributed by atoms with Crippen LogP contribution in [0.2, 0.25) is 0 Å². The van der Waals surface area contributed by atoms with Crippen molar-refractivity contribution in [3.63, 3.8) is 0 Å². The first kappa shape index (κ1) is 22.0. The standard InChI is InChI=1S/C20H19BrFN5O2S/c1-12(23-19(29)13-6-4-3-5-7-13)18-25-26-20(27(18)2)30-11-17(28)24-16-9-8-14(21)10-15(16)22/h3-10,12H,11H2,1-2H3,(H,23,29)(H,24,28)/t12-/m1/s1. The molecule has 1 atom stereocenters. The summed E-state index contributed by atoms with van der Waals surface area (Å²) in [6.07, 6.45) is 0. The number of rotatable bonds is 7. The zero-order valence-corrected chi connectivity index (χ0v) is 18.6. The molecule has 0 saturated carbocycles. The van der Waals surface area contributed by atoms with Crippen LogP contribution in [0.5, 0.6) is 0 Å². The van der Waals surface area contributed by atoms with E-state index in [1.165, 1.54) is 23.9 Å². The Bertz CT molecular complexity index is 1060. The number of carbonyl (C=O) groups excluding carboxylic acids is 2. The maximum absolute atomic E-state index is 13.8. The van der Waals surface area contributed by atoms with Crippen molar-refractivity contribution in [1.29, 1.82) is 0 Å². The minimum absolute atomic E-state index is 0.0340. The first-order valence-electron chi connectivity index (χ1n) is 8.98. The number of benzene rings is 2. The molecule has 10 heteroatoms. The third-order valence-electron chi connectivity index (χ3n) is 4.18. The molecule has 0 fully saturated rings. The van der Waals surface area contributed by atoms with Crippen molar-refractivity contribution in [3.8, 4) is 0 Å². The van der Waals surface area contributed by atoms with Crippen LogP contribution >= 0.6 is 27.7 Å². The highest BCUT2D eigenvalue weighted by Crippen LogP contribution is 2.22. The second-order valence-electron chi connectivity index (χ2n) is 6.42. The highest BCUT2D eigenvalue weighted by atomic mass is 79.9. The minimum atomic E-state index is -0.522. The molecule has 0 bridgehead atoms. The fourth-order valence-corrected chi connectivity index (χ4v) is 3.72. The fourth-order valence-electron chi connectivity index (χ4n) is 2.67. The van der Waals surface area contributed by atoms with Gasteiger partial charge in [-0.25, -0.2) is 4.39 Å². The number of amides is 2. The summed E-state index contributed by atoms with van der Waals surface area (Å²) in [5.74, 6) is -0.508. The van der Waals surface area contributed by atoms with E-state index < -0.39 is 5.82 Å². The molecular formula is C20H19BrFN5O2S. The summed E-state index contributed by atoms with van der Waals surface area (Å²) in [4.78, 5) is 24.5. The van der Waals surface area contributed by atoms with Crippen LogP contribution in [0.15, 0.2) is 58.2 Å². The van der Waals surface area contributed by atoms with E-state index in [-0.39, 0.29) is 29.3 Å². The number of anilines is 1. The predicted molar refractivity (Wildman–Crippen MR) is 117 cm³/mol. The number of carbonyl (C=O) groups is 2. The van der Waals surface area contributed by atoms with Gasteiger partial charge in [0.05, 0.1) is 17.5 Å². The normalized spacial score (nSPS) is 11.7.